The van der Waals surface area contributed by atoms with E-state index in [4.69, 9.17) is 5.11 Å². The summed E-state index contributed by atoms with van der Waals surface area (Å²) in [6.45, 7) is 2.36. The van der Waals surface area contributed by atoms with Crippen LogP contribution in [0.3, 0.4) is 0 Å². The highest BCUT2D eigenvalue weighted by molar-refractivity contribution is 5.82. The fourth-order valence-electron chi connectivity index (χ4n) is 0.515. The molecule has 84 valence electrons. The van der Waals surface area contributed by atoms with E-state index in [1.165, 1.54) is 13.8 Å². The summed E-state index contributed by atoms with van der Waals surface area (Å²) < 4.78 is 3.97. The van der Waals surface area contributed by atoms with Crippen molar-refractivity contribution in [1.29, 1.82) is 0 Å². The molecule has 1 rings (SSSR count). The van der Waals surface area contributed by atoms with E-state index in [9.17, 15) is 9.59 Å². The molecule has 1 N–H and O–H groups in total. The highest BCUT2D eigenvalue weighted by Gasteiger charge is 1.93. The zero-order valence-electron chi connectivity index (χ0n) is 9.01. The monoisotopic (exact) mass is 213 g/mol. The Balaban J connectivity index is 0. The van der Waals surface area contributed by atoms with Gasteiger partial charge in [-0.15, -0.1) is 0 Å². The van der Waals surface area contributed by atoms with Gasteiger partial charge in [-0.3, -0.25) is 14.6 Å². The Morgan fingerprint density at radius 3 is 1.47 bits per heavy atom. The number of aromatic nitrogens is 1. The lowest BCUT2D eigenvalue weighted by Gasteiger charge is -1.87. The van der Waals surface area contributed by atoms with Crippen LogP contribution in [0.4, 0.5) is 0 Å². The second-order valence-electron chi connectivity index (χ2n) is 2.11. The summed E-state index contributed by atoms with van der Waals surface area (Å²) in [6, 6.07) is 5.72. The van der Waals surface area contributed by atoms with E-state index in [1.54, 1.807) is 12.4 Å². The molecule has 0 aliphatic rings. The summed E-state index contributed by atoms with van der Waals surface area (Å²) in [4.78, 5) is 23.4. The molecule has 0 radical (unpaired) electrons. The minimum Gasteiger partial charge on any atom is -0.400 e. The minimum absolute atomic E-state index is 0.562. The van der Waals surface area contributed by atoms with Gasteiger partial charge in [0.2, 0.25) is 0 Å². The molecule has 0 amide bonds. The Morgan fingerprint density at radius 1 is 1.00 bits per heavy atom. The Bertz CT molecular complexity index is 223. The van der Waals surface area contributed by atoms with Crippen LogP contribution in [-0.2, 0) is 14.3 Å². The topological polar surface area (TPSA) is 76.5 Å². The summed E-state index contributed by atoms with van der Waals surface area (Å²) >= 11 is 0. The largest absolute Gasteiger partial charge is 0.400 e. The first-order chi connectivity index (χ1) is 7.13. The lowest BCUT2D eigenvalue weighted by molar-refractivity contribution is -0.156. The van der Waals surface area contributed by atoms with Gasteiger partial charge < -0.3 is 9.84 Å². The zero-order chi connectivity index (χ0) is 12.1. The second kappa shape index (κ2) is 12.2. The van der Waals surface area contributed by atoms with Gasteiger partial charge in [0.1, 0.15) is 0 Å². The number of carbonyl (C=O) groups excluding carboxylic acids is 2. The molecule has 15 heavy (non-hydrogen) atoms. The predicted octanol–water partition coefficient (Wildman–Crippen LogP) is 0.786. The second-order valence-corrected chi connectivity index (χ2v) is 2.11. The SMILES string of the molecule is CC(=O)OC(C)=O.CO.c1ccncc1. The van der Waals surface area contributed by atoms with Gasteiger partial charge in [0.25, 0.3) is 0 Å². The number of hydrogen-bond donors (Lipinski definition) is 1. The van der Waals surface area contributed by atoms with Gasteiger partial charge in [-0.1, -0.05) is 6.07 Å². The van der Waals surface area contributed by atoms with Crippen LogP contribution in [-0.4, -0.2) is 29.1 Å². The van der Waals surface area contributed by atoms with Crippen LogP contribution in [0.5, 0.6) is 0 Å². The molecule has 1 heterocycles. The lowest BCUT2D eigenvalue weighted by Crippen LogP contribution is -2.03. The smallest absolute Gasteiger partial charge is 0.310 e. The van der Waals surface area contributed by atoms with Crippen molar-refractivity contribution in [3.63, 3.8) is 0 Å². The van der Waals surface area contributed by atoms with Crippen molar-refractivity contribution in [1.82, 2.24) is 4.98 Å². The van der Waals surface area contributed by atoms with Gasteiger partial charge in [0.15, 0.2) is 0 Å². The fourth-order valence-corrected chi connectivity index (χ4v) is 0.515. The Labute approximate surface area is 88.7 Å². The van der Waals surface area contributed by atoms with Crippen molar-refractivity contribution < 1.29 is 19.4 Å². The molecule has 5 heteroatoms. The number of hydrogen-bond acceptors (Lipinski definition) is 5. The van der Waals surface area contributed by atoms with Crippen LogP contribution >= 0.6 is 0 Å². The van der Waals surface area contributed by atoms with Crippen molar-refractivity contribution in [2.45, 2.75) is 13.8 Å². The van der Waals surface area contributed by atoms with E-state index >= 15 is 0 Å². The van der Waals surface area contributed by atoms with Crippen LogP contribution in [0.15, 0.2) is 30.6 Å². The number of aliphatic hydroxyl groups is 1. The van der Waals surface area contributed by atoms with Crippen LogP contribution < -0.4 is 0 Å². The molecule has 1 aromatic rings. The quantitative estimate of drug-likeness (QED) is 0.509. The molecule has 0 atom stereocenters. The average molecular weight is 213 g/mol. The molecule has 0 aliphatic carbocycles. The van der Waals surface area contributed by atoms with Crippen molar-refractivity contribution in [3.05, 3.63) is 30.6 Å². The summed E-state index contributed by atoms with van der Waals surface area (Å²) in [5.41, 5.74) is 0. The first-order valence-electron chi connectivity index (χ1n) is 4.11. The van der Waals surface area contributed by atoms with Crippen LogP contribution in [0.25, 0.3) is 0 Å². The third-order valence-corrected chi connectivity index (χ3v) is 0.854. The Kier molecular flexibility index (Phi) is 12.8. The number of nitrogens with zero attached hydrogens (tertiary/aromatic N) is 1. The molecule has 0 aromatic carbocycles. The third-order valence-electron chi connectivity index (χ3n) is 0.854. The van der Waals surface area contributed by atoms with Gasteiger partial charge in [-0.2, -0.15) is 0 Å². The van der Waals surface area contributed by atoms with E-state index in [-0.39, 0.29) is 0 Å². The van der Waals surface area contributed by atoms with Crippen LogP contribution in [0.1, 0.15) is 13.8 Å². The maximum atomic E-state index is 9.81. The van der Waals surface area contributed by atoms with E-state index in [0.29, 0.717) is 0 Å². The summed E-state index contributed by atoms with van der Waals surface area (Å²) in [5.74, 6) is -1.12. The van der Waals surface area contributed by atoms with Gasteiger partial charge in [-0.25, -0.2) is 0 Å². The summed E-state index contributed by atoms with van der Waals surface area (Å²) in [5, 5.41) is 7.00. The first-order valence-corrected chi connectivity index (χ1v) is 4.11. The van der Waals surface area contributed by atoms with Crippen molar-refractivity contribution in [3.8, 4) is 0 Å². The van der Waals surface area contributed by atoms with Crippen LogP contribution in [0.2, 0.25) is 0 Å². The number of ether oxygens (including phenoxy) is 1. The fraction of sp³-hybridized carbons (Fsp3) is 0.300. The lowest BCUT2D eigenvalue weighted by atomic mass is 10.5. The third kappa shape index (κ3) is 18.9. The number of aliphatic hydroxyl groups excluding tert-OH is 1. The normalized spacial score (nSPS) is 7.20. The molecule has 0 fully saturated rings. The number of pyridine rings is 1. The predicted molar refractivity (Wildman–Crippen MR) is 54.8 cm³/mol. The average Bonchev–Trinajstić information content (AvgIpc) is 2.22. The summed E-state index contributed by atoms with van der Waals surface area (Å²) in [7, 11) is 1.00. The molecule has 0 unspecified atom stereocenters. The van der Waals surface area contributed by atoms with Gasteiger partial charge in [0, 0.05) is 33.4 Å². The number of rotatable bonds is 0. The molecular formula is C10H15NO4. The first kappa shape index (κ1) is 15.7. The van der Waals surface area contributed by atoms with E-state index in [2.05, 4.69) is 9.72 Å². The molecule has 0 saturated carbocycles. The maximum Gasteiger partial charge on any atom is 0.310 e. The van der Waals surface area contributed by atoms with Gasteiger partial charge in [0.05, 0.1) is 0 Å². The molecule has 5 nitrogen and oxygen atoms in total. The Morgan fingerprint density at radius 2 is 1.40 bits per heavy atom. The van der Waals surface area contributed by atoms with Crippen molar-refractivity contribution in [2.75, 3.05) is 7.11 Å². The van der Waals surface area contributed by atoms with Crippen LogP contribution in [0, 0.1) is 0 Å². The standard InChI is InChI=1S/C5H5N.C4H6O3.CH4O/c1-2-4-6-5-3-1;1-3(5)7-4(2)6;1-2/h1-5H;1-2H3;2H,1H3. The van der Waals surface area contributed by atoms with Gasteiger partial charge in [-0.05, 0) is 12.1 Å². The number of carbonyl (C=O) groups is 2. The highest BCUT2D eigenvalue weighted by Crippen LogP contribution is 1.74. The zero-order valence-corrected chi connectivity index (χ0v) is 9.01. The summed E-state index contributed by atoms with van der Waals surface area (Å²) in [6.07, 6.45) is 3.50. The number of esters is 2. The molecule has 0 saturated heterocycles. The van der Waals surface area contributed by atoms with Crippen molar-refractivity contribution in [2.24, 2.45) is 0 Å². The highest BCUT2D eigenvalue weighted by atomic mass is 16.6. The van der Waals surface area contributed by atoms with E-state index in [0.717, 1.165) is 7.11 Å². The molecule has 0 bridgehead atoms. The van der Waals surface area contributed by atoms with E-state index in [1.807, 2.05) is 18.2 Å². The molecule has 1 aromatic heterocycles. The minimum atomic E-state index is -0.562. The molecule has 0 aliphatic heterocycles. The van der Waals surface area contributed by atoms with Gasteiger partial charge >= 0.3 is 11.9 Å². The maximum absolute atomic E-state index is 9.81. The Hall–Kier alpha value is -1.75. The van der Waals surface area contributed by atoms with E-state index < -0.39 is 11.9 Å². The molecular weight excluding hydrogens is 198 g/mol. The van der Waals surface area contributed by atoms with Crippen molar-refractivity contribution >= 4 is 11.9 Å². The molecule has 0 spiro atoms.